The Morgan fingerprint density at radius 1 is 1.67 bits per heavy atom. The summed E-state index contributed by atoms with van der Waals surface area (Å²) in [5.41, 5.74) is 5.86. The molecule has 3 N–H and O–H groups in total. The lowest BCUT2D eigenvalue weighted by Crippen LogP contribution is -2.08. The van der Waals surface area contributed by atoms with E-state index in [0.717, 1.165) is 0 Å². The van der Waals surface area contributed by atoms with E-state index in [4.69, 9.17) is 5.73 Å². The molecular weight excluding hydrogens is 178 g/mol. The second-order valence-corrected chi connectivity index (χ2v) is 4.80. The molecule has 1 aromatic rings. The van der Waals surface area contributed by atoms with Crippen LogP contribution in [0.15, 0.2) is 6.33 Å². The first-order chi connectivity index (χ1) is 5.55. The zero-order valence-corrected chi connectivity index (χ0v) is 7.56. The Morgan fingerprint density at radius 3 is 2.75 bits per heavy atom. The van der Waals surface area contributed by atoms with Gasteiger partial charge >= 0.3 is 0 Å². The molecule has 1 aromatic heterocycles. The summed E-state index contributed by atoms with van der Waals surface area (Å²) in [4.78, 5) is 6.37. The van der Waals surface area contributed by atoms with E-state index in [9.17, 15) is 8.42 Å². The van der Waals surface area contributed by atoms with E-state index in [0.29, 0.717) is 5.69 Å². The maximum Gasteiger partial charge on any atom is 0.155 e. The Bertz CT molecular complexity index is 355. The summed E-state index contributed by atoms with van der Waals surface area (Å²) in [5.74, 6) is 0.313. The van der Waals surface area contributed by atoms with Crippen LogP contribution < -0.4 is 5.73 Å². The number of aromatic amines is 1. The van der Waals surface area contributed by atoms with Crippen molar-refractivity contribution in [1.82, 2.24) is 9.97 Å². The monoisotopic (exact) mass is 189 g/mol. The third-order valence-corrected chi connectivity index (χ3v) is 3.16. The Balaban J connectivity index is 2.84. The summed E-state index contributed by atoms with van der Waals surface area (Å²) < 4.78 is 22.2. The minimum atomic E-state index is -3.02. The van der Waals surface area contributed by atoms with E-state index in [1.54, 1.807) is 6.92 Å². The zero-order chi connectivity index (χ0) is 9.19. The van der Waals surface area contributed by atoms with Gasteiger partial charge in [0.25, 0.3) is 0 Å². The summed E-state index contributed by atoms with van der Waals surface area (Å²) >= 11 is 0. The van der Waals surface area contributed by atoms with Crippen molar-refractivity contribution in [2.45, 2.75) is 12.7 Å². The van der Waals surface area contributed by atoms with Crippen LogP contribution in [0, 0.1) is 0 Å². The molecule has 0 aromatic carbocycles. The fourth-order valence-corrected chi connectivity index (χ4v) is 1.64. The molecule has 1 rings (SSSR count). The van der Waals surface area contributed by atoms with E-state index in [1.165, 1.54) is 6.33 Å². The molecule has 12 heavy (non-hydrogen) atoms. The number of nitrogens with one attached hydrogen (secondary N) is 1. The lowest BCUT2D eigenvalue weighted by molar-refractivity contribution is 0.596. The molecule has 6 heteroatoms. The quantitative estimate of drug-likeness (QED) is 0.696. The van der Waals surface area contributed by atoms with Crippen molar-refractivity contribution in [2.24, 2.45) is 0 Å². The van der Waals surface area contributed by atoms with Gasteiger partial charge in [-0.3, -0.25) is 0 Å². The van der Waals surface area contributed by atoms with Crippen LogP contribution in [0.4, 0.5) is 5.82 Å². The van der Waals surface area contributed by atoms with E-state index < -0.39 is 9.84 Å². The van der Waals surface area contributed by atoms with Gasteiger partial charge in [0.05, 0.1) is 17.8 Å². The van der Waals surface area contributed by atoms with Crippen LogP contribution in [0.25, 0.3) is 0 Å². The van der Waals surface area contributed by atoms with E-state index in [-0.39, 0.29) is 17.3 Å². The van der Waals surface area contributed by atoms with Crippen molar-refractivity contribution in [3.63, 3.8) is 0 Å². The number of imidazole rings is 1. The van der Waals surface area contributed by atoms with Crippen LogP contribution in [-0.4, -0.2) is 24.1 Å². The van der Waals surface area contributed by atoms with Crippen LogP contribution in [0.2, 0.25) is 0 Å². The molecule has 0 saturated carbocycles. The number of nitrogens with zero attached hydrogens (tertiary/aromatic N) is 1. The molecule has 0 radical (unpaired) electrons. The molecule has 0 bridgehead atoms. The Morgan fingerprint density at radius 2 is 2.33 bits per heavy atom. The summed E-state index contributed by atoms with van der Waals surface area (Å²) in [5, 5.41) is 0. The van der Waals surface area contributed by atoms with Gasteiger partial charge in [-0.1, -0.05) is 6.92 Å². The predicted molar refractivity (Wildman–Crippen MR) is 46.2 cm³/mol. The zero-order valence-electron chi connectivity index (χ0n) is 6.74. The maximum atomic E-state index is 11.1. The highest BCUT2D eigenvalue weighted by Gasteiger charge is 2.12. The van der Waals surface area contributed by atoms with Gasteiger partial charge in [0.15, 0.2) is 9.84 Å². The first-order valence-corrected chi connectivity index (χ1v) is 5.35. The molecule has 0 spiro atoms. The fraction of sp³-hybridized carbons (Fsp3) is 0.500. The highest BCUT2D eigenvalue weighted by Crippen LogP contribution is 2.09. The van der Waals surface area contributed by atoms with E-state index in [2.05, 4.69) is 9.97 Å². The predicted octanol–water partition coefficient (Wildman–Crippen LogP) is -0.0734. The highest BCUT2D eigenvalue weighted by atomic mass is 32.2. The van der Waals surface area contributed by atoms with Crippen molar-refractivity contribution in [1.29, 1.82) is 0 Å². The van der Waals surface area contributed by atoms with Crippen LogP contribution in [0.1, 0.15) is 12.6 Å². The van der Waals surface area contributed by atoms with Crippen LogP contribution in [0.3, 0.4) is 0 Å². The number of sulfone groups is 1. The summed E-state index contributed by atoms with van der Waals surface area (Å²) in [6, 6.07) is 0. The number of nitrogens with two attached hydrogens (primary N) is 1. The largest absolute Gasteiger partial charge is 0.382 e. The van der Waals surface area contributed by atoms with Crippen molar-refractivity contribution in [3.8, 4) is 0 Å². The molecule has 0 aliphatic carbocycles. The van der Waals surface area contributed by atoms with Crippen molar-refractivity contribution < 1.29 is 8.42 Å². The van der Waals surface area contributed by atoms with Gasteiger partial charge in [-0.25, -0.2) is 13.4 Å². The standard InChI is InChI=1S/C6H11N3O2S/c1-2-12(10,11)3-5-6(7)9-4-8-5/h4H,2-3,7H2,1H3,(H,8,9). The Kier molecular flexibility index (Phi) is 2.37. The number of hydrogen-bond donors (Lipinski definition) is 2. The number of nitrogen functional groups attached to an aromatic ring is 1. The lowest BCUT2D eigenvalue weighted by atomic mass is 10.5. The average Bonchev–Trinajstić information content (AvgIpc) is 2.36. The second-order valence-electron chi connectivity index (χ2n) is 2.44. The summed E-state index contributed by atoms with van der Waals surface area (Å²) in [6.07, 6.45) is 1.38. The molecule has 0 unspecified atom stereocenters. The van der Waals surface area contributed by atoms with Crippen molar-refractivity contribution in [2.75, 3.05) is 11.5 Å². The molecule has 5 nitrogen and oxygen atoms in total. The summed E-state index contributed by atoms with van der Waals surface area (Å²) in [6.45, 7) is 1.60. The maximum absolute atomic E-state index is 11.1. The number of hydrogen-bond acceptors (Lipinski definition) is 4. The molecule has 1 heterocycles. The summed E-state index contributed by atoms with van der Waals surface area (Å²) in [7, 11) is -3.02. The Labute approximate surface area is 70.9 Å². The third-order valence-electron chi connectivity index (χ3n) is 1.56. The van der Waals surface area contributed by atoms with Gasteiger partial charge in [-0.2, -0.15) is 0 Å². The molecule has 0 aliphatic heterocycles. The minimum Gasteiger partial charge on any atom is -0.382 e. The molecule has 0 fully saturated rings. The van der Waals surface area contributed by atoms with E-state index >= 15 is 0 Å². The molecule has 0 saturated heterocycles. The lowest BCUT2D eigenvalue weighted by Gasteiger charge is -1.98. The van der Waals surface area contributed by atoms with Gasteiger partial charge in [0.1, 0.15) is 5.82 Å². The van der Waals surface area contributed by atoms with Crippen molar-refractivity contribution >= 4 is 15.7 Å². The second kappa shape index (κ2) is 3.14. The van der Waals surface area contributed by atoms with Crippen LogP contribution >= 0.6 is 0 Å². The number of H-pyrrole nitrogens is 1. The van der Waals surface area contributed by atoms with Gasteiger partial charge < -0.3 is 10.7 Å². The van der Waals surface area contributed by atoms with Gasteiger partial charge in [-0.05, 0) is 0 Å². The van der Waals surface area contributed by atoms with E-state index in [1.807, 2.05) is 0 Å². The van der Waals surface area contributed by atoms with Gasteiger partial charge in [0, 0.05) is 5.75 Å². The topological polar surface area (TPSA) is 88.8 Å². The van der Waals surface area contributed by atoms with Gasteiger partial charge in [0.2, 0.25) is 0 Å². The van der Waals surface area contributed by atoms with Gasteiger partial charge in [-0.15, -0.1) is 0 Å². The minimum absolute atomic E-state index is 0.0602. The first kappa shape index (κ1) is 9.05. The number of anilines is 1. The SMILES string of the molecule is CCS(=O)(=O)Cc1[nH]cnc1N. The average molecular weight is 189 g/mol. The van der Waals surface area contributed by atoms with Crippen LogP contribution in [-0.2, 0) is 15.6 Å². The number of rotatable bonds is 3. The molecule has 0 aliphatic rings. The molecule has 68 valence electrons. The molecule has 0 atom stereocenters. The Hall–Kier alpha value is -1.04. The van der Waals surface area contributed by atoms with Crippen LogP contribution in [0.5, 0.6) is 0 Å². The number of aromatic nitrogens is 2. The first-order valence-electron chi connectivity index (χ1n) is 3.53. The highest BCUT2D eigenvalue weighted by molar-refractivity contribution is 7.90. The smallest absolute Gasteiger partial charge is 0.155 e. The fourth-order valence-electron chi connectivity index (χ4n) is 0.769. The van der Waals surface area contributed by atoms with Crippen molar-refractivity contribution in [3.05, 3.63) is 12.0 Å². The molecule has 0 amide bonds. The third kappa shape index (κ3) is 1.97. The molecular formula is C6H11N3O2S. The normalized spacial score (nSPS) is 11.8.